The topological polar surface area (TPSA) is 69.9 Å². The fourth-order valence-electron chi connectivity index (χ4n) is 1.05. The van der Waals surface area contributed by atoms with Gasteiger partial charge in [-0.2, -0.15) is 0 Å². The summed E-state index contributed by atoms with van der Waals surface area (Å²) in [6.07, 6.45) is -0.971. The van der Waals surface area contributed by atoms with Crippen LogP contribution in [0.3, 0.4) is 0 Å². The lowest BCUT2D eigenvalue weighted by molar-refractivity contribution is 0.0953. The lowest BCUT2D eigenvalue weighted by atomic mass is 10.1. The summed E-state index contributed by atoms with van der Waals surface area (Å²) in [6.45, 7) is -0.375. The number of aliphatic hydroxyl groups excluding tert-OH is 2. The molecule has 0 aliphatic heterocycles. The third-order valence-corrected chi connectivity index (χ3v) is 2.43. The number of hydrogen-bond acceptors (Lipinski definition) is 4. The van der Waals surface area contributed by atoms with Crippen LogP contribution in [0.15, 0.2) is 16.6 Å². The largest absolute Gasteiger partial charge is 0.503 e. The summed E-state index contributed by atoms with van der Waals surface area (Å²) in [6, 6.07) is 3.00. The van der Waals surface area contributed by atoms with Gasteiger partial charge in [-0.3, -0.25) is 0 Å². The predicted molar refractivity (Wildman–Crippen MR) is 54.4 cm³/mol. The number of phenols is 1. The first-order valence-electron chi connectivity index (χ1n) is 3.95. The fraction of sp³-hybridized carbons (Fsp3) is 0.333. The predicted octanol–water partition coefficient (Wildman–Crippen LogP) is 1.19. The van der Waals surface area contributed by atoms with Crippen LogP contribution in [0.5, 0.6) is 11.5 Å². The van der Waals surface area contributed by atoms with Crippen molar-refractivity contribution in [3.63, 3.8) is 0 Å². The van der Waals surface area contributed by atoms with Crippen molar-refractivity contribution >= 4 is 15.9 Å². The van der Waals surface area contributed by atoms with Gasteiger partial charge in [-0.05, 0) is 33.6 Å². The molecule has 0 saturated heterocycles. The molecule has 1 atom stereocenters. The van der Waals surface area contributed by atoms with E-state index >= 15 is 0 Å². The van der Waals surface area contributed by atoms with Gasteiger partial charge in [0.05, 0.1) is 18.2 Å². The molecule has 0 aliphatic carbocycles. The van der Waals surface area contributed by atoms with E-state index in [0.29, 0.717) is 10.0 Å². The number of phenolic OH excluding ortho intramolecular Hbond substituents is 1. The van der Waals surface area contributed by atoms with Crippen molar-refractivity contribution in [2.24, 2.45) is 0 Å². The van der Waals surface area contributed by atoms with Crippen LogP contribution in [0.2, 0.25) is 0 Å². The second-order valence-corrected chi connectivity index (χ2v) is 3.61. The Labute approximate surface area is 89.9 Å². The summed E-state index contributed by atoms with van der Waals surface area (Å²) in [5.41, 5.74) is 0.481. The van der Waals surface area contributed by atoms with Gasteiger partial charge in [-0.15, -0.1) is 0 Å². The molecule has 1 unspecified atom stereocenters. The van der Waals surface area contributed by atoms with Crippen molar-refractivity contribution in [1.29, 1.82) is 0 Å². The molecule has 0 aromatic heterocycles. The molecule has 0 amide bonds. The zero-order valence-corrected chi connectivity index (χ0v) is 9.15. The molecular formula is C9H11BrO4. The minimum atomic E-state index is -0.971. The fourth-order valence-corrected chi connectivity index (χ4v) is 1.51. The first-order chi connectivity index (χ1) is 6.60. The number of rotatable bonds is 3. The Morgan fingerprint density at radius 3 is 2.64 bits per heavy atom. The highest BCUT2D eigenvalue weighted by Crippen LogP contribution is 2.36. The van der Waals surface area contributed by atoms with Crippen LogP contribution in [0, 0.1) is 0 Å². The molecule has 0 bridgehead atoms. The van der Waals surface area contributed by atoms with E-state index < -0.39 is 6.10 Å². The van der Waals surface area contributed by atoms with E-state index in [2.05, 4.69) is 15.9 Å². The summed E-state index contributed by atoms with van der Waals surface area (Å²) < 4.78 is 5.30. The van der Waals surface area contributed by atoms with E-state index in [1.165, 1.54) is 19.2 Å². The Morgan fingerprint density at radius 2 is 2.14 bits per heavy atom. The number of benzene rings is 1. The molecule has 0 saturated carbocycles. The average Bonchev–Trinajstić information content (AvgIpc) is 2.20. The van der Waals surface area contributed by atoms with E-state index in [1.807, 2.05) is 0 Å². The van der Waals surface area contributed by atoms with Gasteiger partial charge in [0, 0.05) is 0 Å². The molecule has 1 rings (SSSR count). The Bertz CT molecular complexity index is 327. The second-order valence-electron chi connectivity index (χ2n) is 2.75. The van der Waals surface area contributed by atoms with E-state index in [1.54, 1.807) is 0 Å². The van der Waals surface area contributed by atoms with Crippen molar-refractivity contribution in [2.45, 2.75) is 6.10 Å². The maximum absolute atomic E-state index is 9.46. The maximum Gasteiger partial charge on any atom is 0.172 e. The molecule has 1 aromatic carbocycles. The minimum absolute atomic E-state index is 0.0265. The normalized spacial score (nSPS) is 12.6. The van der Waals surface area contributed by atoms with E-state index in [-0.39, 0.29) is 18.1 Å². The lowest BCUT2D eigenvalue weighted by Crippen LogP contribution is -2.02. The number of ether oxygens (including phenoxy) is 1. The first-order valence-corrected chi connectivity index (χ1v) is 4.74. The van der Waals surface area contributed by atoms with Gasteiger partial charge in [0.25, 0.3) is 0 Å². The highest BCUT2D eigenvalue weighted by atomic mass is 79.9. The molecule has 4 nitrogen and oxygen atoms in total. The van der Waals surface area contributed by atoms with Crippen LogP contribution in [-0.4, -0.2) is 29.0 Å². The summed E-state index contributed by atoms with van der Waals surface area (Å²) >= 11 is 3.11. The number of methoxy groups -OCH3 is 1. The zero-order chi connectivity index (χ0) is 10.7. The monoisotopic (exact) mass is 262 g/mol. The van der Waals surface area contributed by atoms with Crippen molar-refractivity contribution in [1.82, 2.24) is 0 Å². The average molecular weight is 263 g/mol. The number of hydrogen-bond donors (Lipinski definition) is 3. The Hall–Kier alpha value is -0.780. The first kappa shape index (κ1) is 11.3. The summed E-state index contributed by atoms with van der Waals surface area (Å²) in [5.74, 6) is 0.225. The molecule has 0 radical (unpaired) electrons. The van der Waals surface area contributed by atoms with E-state index in [0.717, 1.165) is 0 Å². The summed E-state index contributed by atoms with van der Waals surface area (Å²) in [5, 5.41) is 27.6. The van der Waals surface area contributed by atoms with Crippen molar-refractivity contribution in [3.05, 3.63) is 22.2 Å². The van der Waals surface area contributed by atoms with Crippen molar-refractivity contribution in [2.75, 3.05) is 13.7 Å². The third-order valence-electron chi connectivity index (χ3n) is 1.83. The van der Waals surface area contributed by atoms with Gasteiger partial charge in [-0.1, -0.05) is 0 Å². The van der Waals surface area contributed by atoms with Crippen LogP contribution in [0.1, 0.15) is 11.7 Å². The van der Waals surface area contributed by atoms with Crippen molar-refractivity contribution < 1.29 is 20.1 Å². The molecule has 5 heteroatoms. The quantitative estimate of drug-likeness (QED) is 0.766. The standard InChI is InChI=1S/C9H11BrO4/c1-14-8-3-5(7(12)4-11)2-6(10)9(8)13/h2-3,7,11-13H,4H2,1H3. The van der Waals surface area contributed by atoms with Gasteiger partial charge in [0.2, 0.25) is 0 Å². The SMILES string of the molecule is COc1cc(C(O)CO)cc(Br)c1O. The Kier molecular flexibility index (Phi) is 3.74. The second kappa shape index (κ2) is 4.63. The molecule has 1 aromatic rings. The number of aliphatic hydroxyl groups is 2. The molecule has 0 fully saturated rings. The molecule has 0 heterocycles. The lowest BCUT2D eigenvalue weighted by Gasteiger charge is -2.11. The van der Waals surface area contributed by atoms with Gasteiger partial charge in [-0.25, -0.2) is 0 Å². The molecular weight excluding hydrogens is 252 g/mol. The summed E-state index contributed by atoms with van der Waals surface area (Å²) in [7, 11) is 1.41. The van der Waals surface area contributed by atoms with Crippen LogP contribution >= 0.6 is 15.9 Å². The van der Waals surface area contributed by atoms with Gasteiger partial charge < -0.3 is 20.1 Å². The highest BCUT2D eigenvalue weighted by molar-refractivity contribution is 9.10. The minimum Gasteiger partial charge on any atom is -0.503 e. The maximum atomic E-state index is 9.46. The van der Waals surface area contributed by atoms with Gasteiger partial charge in [0.1, 0.15) is 6.10 Å². The highest BCUT2D eigenvalue weighted by Gasteiger charge is 2.13. The number of halogens is 1. The molecule has 0 spiro atoms. The van der Waals surface area contributed by atoms with Crippen molar-refractivity contribution in [3.8, 4) is 11.5 Å². The van der Waals surface area contributed by atoms with E-state index in [4.69, 9.17) is 9.84 Å². The Morgan fingerprint density at radius 1 is 1.50 bits per heavy atom. The molecule has 78 valence electrons. The van der Waals surface area contributed by atoms with Crippen LogP contribution < -0.4 is 4.74 Å². The third kappa shape index (κ3) is 2.17. The molecule has 3 N–H and O–H groups in total. The van der Waals surface area contributed by atoms with Gasteiger partial charge in [0.15, 0.2) is 11.5 Å². The van der Waals surface area contributed by atoms with Gasteiger partial charge >= 0.3 is 0 Å². The van der Waals surface area contributed by atoms with E-state index in [9.17, 15) is 10.2 Å². The zero-order valence-electron chi connectivity index (χ0n) is 7.57. The smallest absolute Gasteiger partial charge is 0.172 e. The van der Waals surface area contributed by atoms with Crippen LogP contribution in [0.25, 0.3) is 0 Å². The van der Waals surface area contributed by atoms with Crippen LogP contribution in [0.4, 0.5) is 0 Å². The molecule has 14 heavy (non-hydrogen) atoms. The van der Waals surface area contributed by atoms with Crippen LogP contribution in [-0.2, 0) is 0 Å². The Balaban J connectivity index is 3.16. The summed E-state index contributed by atoms with van der Waals surface area (Å²) in [4.78, 5) is 0. The number of aromatic hydroxyl groups is 1. The molecule has 0 aliphatic rings.